The third-order valence-electron chi connectivity index (χ3n) is 4.70. The summed E-state index contributed by atoms with van der Waals surface area (Å²) >= 11 is 1.82. The van der Waals surface area contributed by atoms with Crippen molar-refractivity contribution in [3.05, 3.63) is 33.9 Å². The number of thioether (sulfide) groups is 1. The Bertz CT molecular complexity index is 937. The predicted molar refractivity (Wildman–Crippen MR) is 94.9 cm³/mol. The molecule has 2 aliphatic rings. The van der Waals surface area contributed by atoms with Crippen molar-refractivity contribution in [1.29, 1.82) is 0 Å². The highest BCUT2D eigenvalue weighted by Crippen LogP contribution is 2.42. The third-order valence-corrected chi connectivity index (χ3v) is 5.64. The molecule has 0 radical (unpaired) electrons. The maximum atomic E-state index is 14.9. The second-order valence-corrected chi connectivity index (χ2v) is 7.50. The van der Waals surface area contributed by atoms with Gasteiger partial charge >= 0.3 is 5.97 Å². The number of hydrogen-bond acceptors (Lipinski definition) is 5. The summed E-state index contributed by atoms with van der Waals surface area (Å²) in [7, 11) is 0. The highest BCUT2D eigenvalue weighted by molar-refractivity contribution is 7.99. The summed E-state index contributed by atoms with van der Waals surface area (Å²) in [5.41, 5.74) is -0.189. The number of carboxylic acids is 1. The third kappa shape index (κ3) is 2.47. The largest absolute Gasteiger partial charge is 0.487 e. The number of anilines is 1. The van der Waals surface area contributed by atoms with Gasteiger partial charge in [-0.25, -0.2) is 9.18 Å². The van der Waals surface area contributed by atoms with Gasteiger partial charge in [0.25, 0.3) is 0 Å². The highest BCUT2D eigenvalue weighted by Gasteiger charge is 2.30. The molecule has 2 aliphatic heterocycles. The lowest BCUT2D eigenvalue weighted by molar-refractivity contribution is 0.0694. The van der Waals surface area contributed by atoms with Crippen LogP contribution >= 0.6 is 11.8 Å². The van der Waals surface area contributed by atoms with Crippen molar-refractivity contribution in [1.82, 2.24) is 4.57 Å². The van der Waals surface area contributed by atoms with Crippen LogP contribution in [-0.2, 0) is 0 Å². The van der Waals surface area contributed by atoms with Gasteiger partial charge in [-0.05, 0) is 13.0 Å². The van der Waals surface area contributed by atoms with Crippen molar-refractivity contribution >= 4 is 34.3 Å². The Morgan fingerprint density at radius 3 is 2.80 bits per heavy atom. The van der Waals surface area contributed by atoms with E-state index in [9.17, 15) is 19.1 Å². The van der Waals surface area contributed by atoms with Crippen LogP contribution in [0.4, 0.5) is 10.1 Å². The van der Waals surface area contributed by atoms with Crippen LogP contribution in [0.5, 0.6) is 5.75 Å². The van der Waals surface area contributed by atoms with Crippen LogP contribution in [0.3, 0.4) is 0 Å². The van der Waals surface area contributed by atoms with E-state index in [2.05, 4.69) is 0 Å². The maximum absolute atomic E-state index is 14.9. The highest BCUT2D eigenvalue weighted by atomic mass is 32.2. The van der Waals surface area contributed by atoms with E-state index in [-0.39, 0.29) is 17.0 Å². The van der Waals surface area contributed by atoms with E-state index in [0.29, 0.717) is 36.6 Å². The smallest absolute Gasteiger partial charge is 0.341 e. The quantitative estimate of drug-likeness (QED) is 0.882. The molecule has 0 spiro atoms. The van der Waals surface area contributed by atoms with Crippen molar-refractivity contribution in [2.45, 2.75) is 13.0 Å². The summed E-state index contributed by atoms with van der Waals surface area (Å²) in [6.07, 6.45) is 1.34. The average molecular weight is 364 g/mol. The Labute approximate surface area is 147 Å². The van der Waals surface area contributed by atoms with Crippen molar-refractivity contribution in [3.63, 3.8) is 0 Å². The minimum absolute atomic E-state index is 0.0501. The number of carboxylic acid groups (broad SMARTS) is 1. The Balaban J connectivity index is 2.06. The van der Waals surface area contributed by atoms with Crippen LogP contribution in [0.1, 0.15) is 23.3 Å². The molecule has 25 heavy (non-hydrogen) atoms. The molecule has 2 aromatic rings. The molecule has 6 nitrogen and oxygen atoms in total. The van der Waals surface area contributed by atoms with Crippen molar-refractivity contribution in [3.8, 4) is 5.75 Å². The van der Waals surface area contributed by atoms with E-state index in [4.69, 9.17) is 4.74 Å². The van der Waals surface area contributed by atoms with Crippen molar-refractivity contribution < 1.29 is 19.0 Å². The summed E-state index contributed by atoms with van der Waals surface area (Å²) in [4.78, 5) is 25.9. The molecule has 0 unspecified atom stereocenters. The molecule has 1 aromatic heterocycles. The molecule has 132 valence electrons. The first-order valence-corrected chi connectivity index (χ1v) is 9.24. The van der Waals surface area contributed by atoms with Gasteiger partial charge in [-0.15, -0.1) is 0 Å². The van der Waals surface area contributed by atoms with E-state index in [1.54, 1.807) is 4.57 Å². The fraction of sp³-hybridized carbons (Fsp3) is 0.412. The molecule has 1 fully saturated rings. The topological polar surface area (TPSA) is 71.8 Å². The molecule has 4 rings (SSSR count). The number of hydrogen-bond donors (Lipinski definition) is 1. The van der Waals surface area contributed by atoms with Gasteiger partial charge in [-0.3, -0.25) is 4.79 Å². The average Bonchev–Trinajstić information content (AvgIpc) is 2.60. The lowest BCUT2D eigenvalue weighted by Gasteiger charge is -2.34. The molecule has 1 saturated heterocycles. The van der Waals surface area contributed by atoms with Gasteiger partial charge in [-0.2, -0.15) is 11.8 Å². The number of aromatic nitrogens is 1. The fourth-order valence-corrected chi connectivity index (χ4v) is 4.35. The summed E-state index contributed by atoms with van der Waals surface area (Å²) in [5.74, 6) is 0.286. The fourth-order valence-electron chi connectivity index (χ4n) is 3.45. The number of aromatic carboxylic acids is 1. The summed E-state index contributed by atoms with van der Waals surface area (Å²) in [6, 6.07) is 1.01. The van der Waals surface area contributed by atoms with Crippen molar-refractivity contribution in [2.75, 3.05) is 36.1 Å². The number of nitrogens with zero attached hydrogens (tertiary/aromatic N) is 2. The number of carbonyl (C=O) groups is 1. The molecule has 0 aliphatic carbocycles. The van der Waals surface area contributed by atoms with Crippen LogP contribution in [0.2, 0.25) is 0 Å². The lowest BCUT2D eigenvalue weighted by atomic mass is 10.1. The molecular formula is C17H17FN2O4S. The van der Waals surface area contributed by atoms with E-state index < -0.39 is 17.2 Å². The number of benzene rings is 1. The zero-order chi connectivity index (χ0) is 17.7. The standard InChI is InChI=1S/C17H17FN2O4S/c1-9-8-24-16-13-10(15(21)11(17(22)23)7-20(9)13)6-12(18)14(16)19-2-4-25-5-3-19/h6-7,9H,2-5,8H2,1H3,(H,22,23)/t9-/m0/s1. The monoisotopic (exact) mass is 364 g/mol. The number of ether oxygens (including phenoxy) is 1. The summed E-state index contributed by atoms with van der Waals surface area (Å²) < 4.78 is 22.4. The van der Waals surface area contributed by atoms with Crippen LogP contribution in [0.15, 0.2) is 17.1 Å². The first-order valence-electron chi connectivity index (χ1n) is 8.09. The van der Waals surface area contributed by atoms with Gasteiger partial charge in [0.1, 0.15) is 17.9 Å². The predicted octanol–water partition coefficient (Wildman–Crippen LogP) is 2.35. The van der Waals surface area contributed by atoms with E-state index in [1.807, 2.05) is 23.6 Å². The SMILES string of the molecule is C[C@H]1COc2c(N3CCSCC3)c(F)cc3c(=O)c(C(=O)O)cn1c23. The molecule has 1 atom stereocenters. The van der Waals surface area contributed by atoms with Crippen molar-refractivity contribution in [2.24, 2.45) is 0 Å². The Morgan fingerprint density at radius 2 is 2.12 bits per heavy atom. The minimum Gasteiger partial charge on any atom is -0.487 e. The van der Waals surface area contributed by atoms with E-state index in [1.165, 1.54) is 6.20 Å². The number of halogens is 1. The van der Waals surface area contributed by atoms with Crippen LogP contribution in [0.25, 0.3) is 10.9 Å². The second-order valence-electron chi connectivity index (χ2n) is 6.28. The van der Waals surface area contributed by atoms with Crippen LogP contribution in [-0.4, -0.2) is 46.8 Å². The van der Waals surface area contributed by atoms with Gasteiger partial charge in [0.15, 0.2) is 11.6 Å². The molecular weight excluding hydrogens is 347 g/mol. The zero-order valence-electron chi connectivity index (χ0n) is 13.6. The maximum Gasteiger partial charge on any atom is 0.341 e. The normalized spacial score (nSPS) is 19.8. The zero-order valence-corrected chi connectivity index (χ0v) is 14.4. The number of rotatable bonds is 2. The van der Waals surface area contributed by atoms with E-state index >= 15 is 0 Å². The molecule has 0 saturated carbocycles. The minimum atomic E-state index is -1.31. The van der Waals surface area contributed by atoms with Gasteiger partial charge in [-0.1, -0.05) is 0 Å². The van der Waals surface area contributed by atoms with Crippen LogP contribution < -0.4 is 15.1 Å². The summed E-state index contributed by atoms with van der Waals surface area (Å²) in [6.45, 7) is 3.58. The molecule has 1 aromatic carbocycles. The second kappa shape index (κ2) is 5.94. The molecule has 3 heterocycles. The summed E-state index contributed by atoms with van der Waals surface area (Å²) in [5, 5.41) is 9.35. The van der Waals surface area contributed by atoms with Gasteiger partial charge in [0.05, 0.1) is 16.9 Å². The molecule has 0 bridgehead atoms. The first kappa shape index (κ1) is 16.3. The Hall–Kier alpha value is -2.22. The Kier molecular flexibility index (Phi) is 3.87. The van der Waals surface area contributed by atoms with Gasteiger partial charge < -0.3 is 19.3 Å². The van der Waals surface area contributed by atoms with Crippen LogP contribution in [0, 0.1) is 5.82 Å². The van der Waals surface area contributed by atoms with Gasteiger partial charge in [0, 0.05) is 30.8 Å². The molecule has 0 amide bonds. The Morgan fingerprint density at radius 1 is 1.40 bits per heavy atom. The number of pyridine rings is 1. The lowest BCUT2D eigenvalue weighted by Crippen LogP contribution is -2.35. The first-order chi connectivity index (χ1) is 12.0. The molecule has 8 heteroatoms. The molecule has 1 N–H and O–H groups in total. The van der Waals surface area contributed by atoms with E-state index in [0.717, 1.165) is 17.6 Å². The van der Waals surface area contributed by atoms with Gasteiger partial charge in [0.2, 0.25) is 5.43 Å².